The van der Waals surface area contributed by atoms with Crippen molar-refractivity contribution >= 4 is 39.3 Å². The monoisotopic (exact) mass is 334 g/mol. The van der Waals surface area contributed by atoms with Crippen molar-refractivity contribution in [1.82, 2.24) is 14.6 Å². The Balaban J connectivity index is 2.28. The Bertz CT molecular complexity index is 753. The zero-order valence-corrected chi connectivity index (χ0v) is 12.6. The maximum atomic E-state index is 5.68. The number of pyridine rings is 1. The van der Waals surface area contributed by atoms with Gasteiger partial charge in [0.25, 0.3) is 0 Å². The van der Waals surface area contributed by atoms with Crippen molar-refractivity contribution in [3.63, 3.8) is 0 Å². The number of nitrogens with zero attached hydrogens (tertiary/aromatic N) is 3. The Morgan fingerprint density at radius 1 is 1.32 bits per heavy atom. The molecule has 2 aromatic heterocycles. The standard InChI is InChI=1S/C13H11BrN4S/c1-19-10-4-2-3-8(5-10)11-6-9(14)7-18-12(11)16-13(15)17-18/h2-7H,1H3,(H2,15,17). The maximum absolute atomic E-state index is 5.68. The summed E-state index contributed by atoms with van der Waals surface area (Å²) in [7, 11) is 0. The van der Waals surface area contributed by atoms with Crippen molar-refractivity contribution in [1.29, 1.82) is 0 Å². The Labute approximate surface area is 123 Å². The molecular weight excluding hydrogens is 324 g/mol. The molecule has 0 aliphatic rings. The summed E-state index contributed by atoms with van der Waals surface area (Å²) in [5.41, 5.74) is 8.56. The van der Waals surface area contributed by atoms with Crippen molar-refractivity contribution in [3.05, 3.63) is 41.0 Å². The number of hydrogen-bond acceptors (Lipinski definition) is 4. The fourth-order valence-electron chi connectivity index (χ4n) is 1.97. The number of aromatic nitrogens is 3. The van der Waals surface area contributed by atoms with Gasteiger partial charge in [0.15, 0.2) is 5.65 Å². The molecule has 0 amide bonds. The van der Waals surface area contributed by atoms with Crippen LogP contribution in [0.3, 0.4) is 0 Å². The van der Waals surface area contributed by atoms with Crippen LogP contribution in [0.25, 0.3) is 16.8 Å². The molecule has 0 spiro atoms. The van der Waals surface area contributed by atoms with E-state index in [1.54, 1.807) is 16.3 Å². The smallest absolute Gasteiger partial charge is 0.240 e. The topological polar surface area (TPSA) is 56.2 Å². The molecule has 0 atom stereocenters. The zero-order valence-electron chi connectivity index (χ0n) is 10.2. The van der Waals surface area contributed by atoms with Gasteiger partial charge >= 0.3 is 0 Å². The van der Waals surface area contributed by atoms with E-state index in [2.05, 4.69) is 50.5 Å². The number of halogens is 1. The molecule has 0 radical (unpaired) electrons. The number of thioether (sulfide) groups is 1. The van der Waals surface area contributed by atoms with Gasteiger partial charge in [-0.25, -0.2) is 4.52 Å². The number of fused-ring (bicyclic) bond motifs is 1. The number of nitrogen functional groups attached to an aromatic ring is 1. The molecule has 96 valence electrons. The molecule has 0 bridgehead atoms. The van der Waals surface area contributed by atoms with Gasteiger partial charge in [0.2, 0.25) is 5.95 Å². The summed E-state index contributed by atoms with van der Waals surface area (Å²) in [5.74, 6) is 0.278. The van der Waals surface area contributed by atoms with Crippen LogP contribution in [0, 0.1) is 0 Å². The second-order valence-corrected chi connectivity index (χ2v) is 5.84. The number of nitrogens with two attached hydrogens (primary N) is 1. The number of benzene rings is 1. The number of rotatable bonds is 2. The molecule has 2 heterocycles. The fraction of sp³-hybridized carbons (Fsp3) is 0.0769. The molecule has 6 heteroatoms. The van der Waals surface area contributed by atoms with Gasteiger partial charge in [-0.2, -0.15) is 4.98 Å². The van der Waals surface area contributed by atoms with Gasteiger partial charge in [-0.1, -0.05) is 12.1 Å². The minimum absolute atomic E-state index is 0.278. The van der Waals surface area contributed by atoms with E-state index in [9.17, 15) is 0 Å². The maximum Gasteiger partial charge on any atom is 0.240 e. The third-order valence-corrected chi connectivity index (χ3v) is 3.96. The van der Waals surface area contributed by atoms with Crippen molar-refractivity contribution < 1.29 is 0 Å². The van der Waals surface area contributed by atoms with E-state index >= 15 is 0 Å². The summed E-state index contributed by atoms with van der Waals surface area (Å²) < 4.78 is 2.63. The van der Waals surface area contributed by atoms with Crippen LogP contribution in [0.1, 0.15) is 0 Å². The predicted octanol–water partition coefficient (Wildman–Crippen LogP) is 3.46. The predicted molar refractivity (Wildman–Crippen MR) is 82.3 cm³/mol. The first-order valence-corrected chi connectivity index (χ1v) is 7.65. The lowest BCUT2D eigenvalue weighted by Gasteiger charge is -2.06. The summed E-state index contributed by atoms with van der Waals surface area (Å²) in [4.78, 5) is 5.50. The Morgan fingerprint density at radius 2 is 2.16 bits per heavy atom. The largest absolute Gasteiger partial charge is 0.366 e. The quantitative estimate of drug-likeness (QED) is 0.729. The highest BCUT2D eigenvalue weighted by Gasteiger charge is 2.10. The van der Waals surface area contributed by atoms with Gasteiger partial charge in [0.05, 0.1) is 0 Å². The van der Waals surface area contributed by atoms with Gasteiger partial charge < -0.3 is 5.73 Å². The van der Waals surface area contributed by atoms with Crippen LogP contribution in [-0.4, -0.2) is 20.9 Å². The SMILES string of the molecule is CSc1cccc(-c2cc(Br)cn3nc(N)nc23)c1. The van der Waals surface area contributed by atoms with Crippen LogP contribution in [0.15, 0.2) is 45.9 Å². The van der Waals surface area contributed by atoms with Gasteiger partial charge in [0.1, 0.15) is 0 Å². The van der Waals surface area contributed by atoms with E-state index in [-0.39, 0.29) is 5.95 Å². The summed E-state index contributed by atoms with van der Waals surface area (Å²) in [6, 6.07) is 10.4. The number of anilines is 1. The average Bonchev–Trinajstić information content (AvgIpc) is 2.78. The molecule has 19 heavy (non-hydrogen) atoms. The molecule has 0 unspecified atom stereocenters. The molecule has 0 aliphatic carbocycles. The van der Waals surface area contributed by atoms with Crippen molar-refractivity contribution in [2.24, 2.45) is 0 Å². The van der Waals surface area contributed by atoms with Gasteiger partial charge in [-0.3, -0.25) is 0 Å². The Hall–Kier alpha value is -1.53. The lowest BCUT2D eigenvalue weighted by atomic mass is 10.1. The molecule has 3 rings (SSSR count). The second kappa shape index (κ2) is 4.86. The highest BCUT2D eigenvalue weighted by molar-refractivity contribution is 9.10. The second-order valence-electron chi connectivity index (χ2n) is 4.04. The molecule has 1 aromatic carbocycles. The minimum atomic E-state index is 0.278. The van der Waals surface area contributed by atoms with Crippen molar-refractivity contribution in [3.8, 4) is 11.1 Å². The molecule has 2 N–H and O–H groups in total. The zero-order chi connectivity index (χ0) is 13.4. The van der Waals surface area contributed by atoms with Crippen molar-refractivity contribution in [2.45, 2.75) is 4.90 Å². The van der Waals surface area contributed by atoms with Crippen LogP contribution < -0.4 is 5.73 Å². The van der Waals surface area contributed by atoms with Crippen LogP contribution in [0.4, 0.5) is 5.95 Å². The van der Waals surface area contributed by atoms with Crippen LogP contribution in [0.2, 0.25) is 0 Å². The molecule has 0 saturated heterocycles. The average molecular weight is 335 g/mol. The Kier molecular flexibility index (Phi) is 3.20. The van der Waals surface area contributed by atoms with Crippen molar-refractivity contribution in [2.75, 3.05) is 12.0 Å². The minimum Gasteiger partial charge on any atom is -0.366 e. The normalized spacial score (nSPS) is 11.1. The fourth-order valence-corrected chi connectivity index (χ4v) is 2.86. The van der Waals surface area contributed by atoms with E-state index in [1.165, 1.54) is 4.90 Å². The first-order chi connectivity index (χ1) is 9.17. The third-order valence-electron chi connectivity index (χ3n) is 2.80. The van der Waals surface area contributed by atoms with E-state index in [1.807, 2.05) is 18.3 Å². The highest BCUT2D eigenvalue weighted by Crippen LogP contribution is 2.29. The molecule has 0 aliphatic heterocycles. The molecule has 0 fully saturated rings. The van der Waals surface area contributed by atoms with E-state index < -0.39 is 0 Å². The molecule has 3 aromatic rings. The third kappa shape index (κ3) is 2.33. The molecule has 4 nitrogen and oxygen atoms in total. The van der Waals surface area contributed by atoms with E-state index in [0.29, 0.717) is 0 Å². The van der Waals surface area contributed by atoms with Gasteiger partial charge in [-0.15, -0.1) is 16.9 Å². The first-order valence-electron chi connectivity index (χ1n) is 5.63. The summed E-state index contributed by atoms with van der Waals surface area (Å²) in [6.45, 7) is 0. The van der Waals surface area contributed by atoms with Gasteiger partial charge in [0, 0.05) is 21.1 Å². The Morgan fingerprint density at radius 3 is 2.95 bits per heavy atom. The summed E-state index contributed by atoms with van der Waals surface area (Å²) in [5, 5.41) is 4.15. The van der Waals surface area contributed by atoms with Crippen LogP contribution in [0.5, 0.6) is 0 Å². The molecule has 0 saturated carbocycles. The highest BCUT2D eigenvalue weighted by atomic mass is 79.9. The van der Waals surface area contributed by atoms with Crippen LogP contribution >= 0.6 is 27.7 Å². The number of hydrogen-bond donors (Lipinski definition) is 1. The lowest BCUT2D eigenvalue weighted by molar-refractivity contribution is 0.964. The molecular formula is C13H11BrN4S. The van der Waals surface area contributed by atoms with Crippen LogP contribution in [-0.2, 0) is 0 Å². The summed E-state index contributed by atoms with van der Waals surface area (Å²) >= 11 is 5.20. The first kappa shape index (κ1) is 12.5. The summed E-state index contributed by atoms with van der Waals surface area (Å²) in [6.07, 6.45) is 3.91. The van der Waals surface area contributed by atoms with E-state index in [0.717, 1.165) is 21.2 Å². The van der Waals surface area contributed by atoms with E-state index in [4.69, 9.17) is 5.73 Å². The van der Waals surface area contributed by atoms with Gasteiger partial charge in [-0.05, 0) is 45.9 Å². The lowest BCUT2D eigenvalue weighted by Crippen LogP contribution is -1.91.